The summed E-state index contributed by atoms with van der Waals surface area (Å²) in [6.45, 7) is 3.91. The van der Waals surface area contributed by atoms with Crippen molar-refractivity contribution in [2.24, 2.45) is 0 Å². The molecular weight excluding hydrogens is 124 g/mol. The summed E-state index contributed by atoms with van der Waals surface area (Å²) in [6, 6.07) is 0. The van der Waals surface area contributed by atoms with Crippen molar-refractivity contribution in [2.45, 2.75) is 13.8 Å². The zero-order chi connectivity index (χ0) is 7.40. The van der Waals surface area contributed by atoms with Crippen LogP contribution in [-0.2, 0) is 0 Å². The van der Waals surface area contributed by atoms with Crippen LogP contribution in [0.4, 0.5) is 0 Å². The predicted molar refractivity (Wildman–Crippen MR) is 41.5 cm³/mol. The molecule has 0 N–H and O–H groups in total. The molecule has 0 saturated heterocycles. The minimum Gasteiger partial charge on any atom is -0.258 e. The molecule has 0 atom stereocenters. The molecule has 1 heterocycles. The molecule has 0 aromatic carbocycles. The second-order valence-corrected chi connectivity index (χ2v) is 2.03. The Morgan fingerprint density at radius 2 is 2.00 bits per heavy atom. The number of hydrogen-bond donors (Lipinski definition) is 0. The van der Waals surface area contributed by atoms with Gasteiger partial charge in [-0.2, -0.15) is 0 Å². The summed E-state index contributed by atoms with van der Waals surface area (Å²) < 4.78 is 0. The lowest BCUT2D eigenvalue weighted by atomic mass is 10.3. The lowest BCUT2D eigenvalue weighted by Gasteiger charge is -1.94. The molecule has 52 valence electrons. The highest BCUT2D eigenvalue weighted by atomic mass is 14.8. The third-order valence-electron chi connectivity index (χ3n) is 1.24. The zero-order valence-electron chi connectivity index (χ0n) is 6.20. The fourth-order valence-corrected chi connectivity index (χ4v) is 0.740. The van der Waals surface area contributed by atoms with Gasteiger partial charge in [-0.15, -0.1) is 0 Å². The fourth-order valence-electron chi connectivity index (χ4n) is 0.740. The van der Waals surface area contributed by atoms with Crippen molar-refractivity contribution in [2.75, 3.05) is 0 Å². The number of allylic oxidation sites excluding steroid dienone is 1. The third kappa shape index (κ3) is 1.41. The smallest absolute Gasteiger partial charge is 0.0838 e. The van der Waals surface area contributed by atoms with E-state index in [2.05, 4.69) is 9.97 Å². The van der Waals surface area contributed by atoms with Crippen molar-refractivity contribution < 1.29 is 0 Å². The van der Waals surface area contributed by atoms with Crippen molar-refractivity contribution in [3.63, 3.8) is 0 Å². The Hall–Kier alpha value is -1.18. The minimum atomic E-state index is 0.949. The van der Waals surface area contributed by atoms with Gasteiger partial charge in [0.15, 0.2) is 0 Å². The van der Waals surface area contributed by atoms with Crippen LogP contribution in [0.2, 0.25) is 0 Å². The molecule has 0 radical (unpaired) electrons. The van der Waals surface area contributed by atoms with E-state index in [0.717, 1.165) is 11.4 Å². The van der Waals surface area contributed by atoms with Crippen LogP contribution in [0.3, 0.4) is 0 Å². The summed E-state index contributed by atoms with van der Waals surface area (Å²) in [6.07, 6.45) is 7.30. The first-order valence-electron chi connectivity index (χ1n) is 3.25. The van der Waals surface area contributed by atoms with Crippen LogP contribution in [0, 0.1) is 6.92 Å². The second kappa shape index (κ2) is 3.11. The van der Waals surface area contributed by atoms with Crippen molar-refractivity contribution in [1.82, 2.24) is 9.97 Å². The Balaban J connectivity index is 3.03. The van der Waals surface area contributed by atoms with Gasteiger partial charge in [-0.3, -0.25) is 9.97 Å². The summed E-state index contributed by atoms with van der Waals surface area (Å²) in [5.74, 6) is 0. The first-order chi connectivity index (χ1) is 4.84. The molecule has 2 heteroatoms. The zero-order valence-corrected chi connectivity index (χ0v) is 6.20. The lowest BCUT2D eigenvalue weighted by Crippen LogP contribution is -1.87. The van der Waals surface area contributed by atoms with Gasteiger partial charge in [-0.05, 0) is 19.9 Å². The van der Waals surface area contributed by atoms with Crippen LogP contribution in [0.15, 0.2) is 18.5 Å². The molecule has 0 fully saturated rings. The van der Waals surface area contributed by atoms with Crippen LogP contribution >= 0.6 is 0 Å². The van der Waals surface area contributed by atoms with E-state index in [-0.39, 0.29) is 0 Å². The lowest BCUT2D eigenvalue weighted by molar-refractivity contribution is 1.10. The predicted octanol–water partition coefficient (Wildman–Crippen LogP) is 1.82. The highest BCUT2D eigenvalue weighted by molar-refractivity contribution is 5.45. The molecule has 10 heavy (non-hydrogen) atoms. The van der Waals surface area contributed by atoms with Crippen LogP contribution in [-0.4, -0.2) is 9.97 Å². The minimum absolute atomic E-state index is 0.949. The molecule has 2 nitrogen and oxygen atoms in total. The number of aryl methyl sites for hydroxylation is 1. The van der Waals surface area contributed by atoms with E-state index in [1.807, 2.05) is 26.0 Å². The molecule has 1 rings (SSSR count). The van der Waals surface area contributed by atoms with Gasteiger partial charge in [0, 0.05) is 12.4 Å². The van der Waals surface area contributed by atoms with Gasteiger partial charge in [0.25, 0.3) is 0 Å². The topological polar surface area (TPSA) is 25.8 Å². The maximum absolute atomic E-state index is 4.12. The monoisotopic (exact) mass is 134 g/mol. The number of hydrogen-bond acceptors (Lipinski definition) is 2. The molecule has 0 aliphatic rings. The van der Waals surface area contributed by atoms with Gasteiger partial charge < -0.3 is 0 Å². The highest BCUT2D eigenvalue weighted by Crippen LogP contribution is 2.00. The van der Waals surface area contributed by atoms with Crippen LogP contribution in [0.5, 0.6) is 0 Å². The standard InChI is InChI=1S/C8H10N2/c1-3-4-8-7(2)9-5-6-10-8/h3-6H,1-2H3/b4-3-. The number of rotatable bonds is 1. The largest absolute Gasteiger partial charge is 0.258 e. The van der Waals surface area contributed by atoms with Gasteiger partial charge in [0.1, 0.15) is 0 Å². The molecule has 0 bridgehead atoms. The van der Waals surface area contributed by atoms with E-state index in [1.54, 1.807) is 12.4 Å². The summed E-state index contributed by atoms with van der Waals surface area (Å²) >= 11 is 0. The molecule has 0 saturated carbocycles. The maximum atomic E-state index is 4.12. The SMILES string of the molecule is C/C=C\c1nccnc1C. The van der Waals surface area contributed by atoms with Crippen molar-refractivity contribution in [1.29, 1.82) is 0 Å². The molecule has 0 amide bonds. The number of nitrogens with zero attached hydrogens (tertiary/aromatic N) is 2. The Morgan fingerprint density at radius 1 is 1.30 bits per heavy atom. The van der Waals surface area contributed by atoms with Gasteiger partial charge >= 0.3 is 0 Å². The summed E-state index contributed by atoms with van der Waals surface area (Å²) in [4.78, 5) is 8.20. The second-order valence-electron chi connectivity index (χ2n) is 2.03. The molecule has 0 spiro atoms. The molecule has 0 unspecified atom stereocenters. The van der Waals surface area contributed by atoms with E-state index in [9.17, 15) is 0 Å². The van der Waals surface area contributed by atoms with E-state index >= 15 is 0 Å². The average molecular weight is 134 g/mol. The Kier molecular flexibility index (Phi) is 2.15. The summed E-state index contributed by atoms with van der Waals surface area (Å²) in [7, 11) is 0. The van der Waals surface area contributed by atoms with Crippen molar-refractivity contribution >= 4 is 6.08 Å². The van der Waals surface area contributed by atoms with Crippen LogP contribution in [0.1, 0.15) is 18.3 Å². The number of aromatic nitrogens is 2. The van der Waals surface area contributed by atoms with Crippen LogP contribution < -0.4 is 0 Å². The van der Waals surface area contributed by atoms with E-state index < -0.39 is 0 Å². The van der Waals surface area contributed by atoms with Gasteiger partial charge in [-0.25, -0.2) is 0 Å². The Bertz CT molecular complexity index is 241. The van der Waals surface area contributed by atoms with Gasteiger partial charge in [-0.1, -0.05) is 6.08 Å². The molecular formula is C8H10N2. The average Bonchev–Trinajstić information content (AvgIpc) is 1.94. The Labute approximate surface area is 60.6 Å². The summed E-state index contributed by atoms with van der Waals surface area (Å²) in [5.41, 5.74) is 1.92. The van der Waals surface area contributed by atoms with Crippen molar-refractivity contribution in [3.05, 3.63) is 29.9 Å². The van der Waals surface area contributed by atoms with E-state index in [4.69, 9.17) is 0 Å². The fraction of sp³-hybridized carbons (Fsp3) is 0.250. The van der Waals surface area contributed by atoms with Gasteiger partial charge in [0.05, 0.1) is 11.4 Å². The molecule has 0 aliphatic carbocycles. The summed E-state index contributed by atoms with van der Waals surface area (Å²) in [5, 5.41) is 0. The molecule has 1 aromatic rings. The Morgan fingerprint density at radius 3 is 2.60 bits per heavy atom. The van der Waals surface area contributed by atoms with Gasteiger partial charge in [0.2, 0.25) is 0 Å². The normalized spacial score (nSPS) is 10.6. The molecule has 0 aliphatic heterocycles. The first-order valence-corrected chi connectivity index (χ1v) is 3.25. The van der Waals surface area contributed by atoms with E-state index in [1.165, 1.54) is 0 Å². The maximum Gasteiger partial charge on any atom is 0.0838 e. The first kappa shape index (κ1) is 6.93. The quantitative estimate of drug-likeness (QED) is 0.585. The van der Waals surface area contributed by atoms with E-state index in [0.29, 0.717) is 0 Å². The third-order valence-corrected chi connectivity index (χ3v) is 1.24. The van der Waals surface area contributed by atoms with Crippen molar-refractivity contribution in [3.8, 4) is 0 Å². The highest BCUT2D eigenvalue weighted by Gasteiger charge is 1.91. The van der Waals surface area contributed by atoms with Crippen LogP contribution in [0.25, 0.3) is 6.08 Å². The molecule has 1 aromatic heterocycles.